The molecule has 1 saturated carbocycles. The molecule has 0 aromatic heterocycles. The summed E-state index contributed by atoms with van der Waals surface area (Å²) in [6.45, 7) is 4.62. The molecule has 0 saturated heterocycles. The Morgan fingerprint density at radius 1 is 0.588 bits per heavy atom. The van der Waals surface area contributed by atoms with Gasteiger partial charge in [0.2, 0.25) is 0 Å². The molecule has 0 nitrogen and oxygen atoms in total. The minimum Gasteiger partial charge on any atom is -0.0804 e. The Bertz CT molecular complexity index is 658. The maximum absolute atomic E-state index is 2.57. The molecular formula is C34H56. The summed E-state index contributed by atoms with van der Waals surface area (Å²) in [5.74, 6) is 2.77. The second-order valence-electron chi connectivity index (χ2n) is 11.8. The van der Waals surface area contributed by atoms with Crippen LogP contribution in [0.1, 0.15) is 166 Å². The van der Waals surface area contributed by atoms with E-state index < -0.39 is 0 Å². The standard InChI is InChI=1S/C34H56/c1-3-5-7-9-10-11-12-14-16-30-19-23-32(24-20-30)34-27-25-33(26-28-34)31-21-17-29(18-22-31)15-13-8-6-4-2/h21,25-30,32H,3-20,22-24H2,1-2H3/t29?,30-,32-. The van der Waals surface area contributed by atoms with E-state index in [1.165, 1.54) is 140 Å². The topological polar surface area (TPSA) is 0 Å². The van der Waals surface area contributed by atoms with Gasteiger partial charge in [0.1, 0.15) is 0 Å². The Morgan fingerprint density at radius 2 is 1.15 bits per heavy atom. The van der Waals surface area contributed by atoms with Crippen molar-refractivity contribution in [2.75, 3.05) is 0 Å². The summed E-state index contributed by atoms with van der Waals surface area (Å²) < 4.78 is 0. The number of hydrogen-bond acceptors (Lipinski definition) is 0. The first kappa shape index (κ1) is 27.5. The Kier molecular flexibility index (Phi) is 13.4. The van der Waals surface area contributed by atoms with E-state index in [0.29, 0.717) is 0 Å². The Balaban J connectivity index is 1.31. The Morgan fingerprint density at radius 3 is 1.74 bits per heavy atom. The molecule has 0 amide bonds. The van der Waals surface area contributed by atoms with Gasteiger partial charge in [-0.1, -0.05) is 134 Å². The second kappa shape index (κ2) is 16.6. The molecule has 0 heterocycles. The van der Waals surface area contributed by atoms with Crippen LogP contribution >= 0.6 is 0 Å². The first-order chi connectivity index (χ1) is 16.8. The van der Waals surface area contributed by atoms with Gasteiger partial charge in [0, 0.05) is 0 Å². The summed E-state index contributed by atoms with van der Waals surface area (Å²) in [5.41, 5.74) is 4.72. The van der Waals surface area contributed by atoms with Crippen molar-refractivity contribution in [2.45, 2.75) is 155 Å². The molecule has 1 fully saturated rings. The van der Waals surface area contributed by atoms with Gasteiger partial charge < -0.3 is 0 Å². The largest absolute Gasteiger partial charge is 0.0804 e. The summed E-state index contributed by atoms with van der Waals surface area (Å²) in [5, 5.41) is 0. The third-order valence-corrected chi connectivity index (χ3v) is 9.05. The van der Waals surface area contributed by atoms with Crippen LogP contribution in [0.15, 0.2) is 30.3 Å². The van der Waals surface area contributed by atoms with E-state index in [2.05, 4.69) is 44.2 Å². The highest BCUT2D eigenvalue weighted by molar-refractivity contribution is 5.66. The van der Waals surface area contributed by atoms with Gasteiger partial charge in [0.25, 0.3) is 0 Å². The lowest BCUT2D eigenvalue weighted by Crippen LogP contribution is -2.13. The van der Waals surface area contributed by atoms with Crippen molar-refractivity contribution in [3.63, 3.8) is 0 Å². The third-order valence-electron chi connectivity index (χ3n) is 9.05. The van der Waals surface area contributed by atoms with Gasteiger partial charge in [0.05, 0.1) is 0 Å². The molecular weight excluding hydrogens is 408 g/mol. The van der Waals surface area contributed by atoms with Crippen molar-refractivity contribution in [3.8, 4) is 0 Å². The van der Waals surface area contributed by atoms with Crippen LogP contribution in [0, 0.1) is 11.8 Å². The lowest BCUT2D eigenvalue weighted by molar-refractivity contribution is 0.301. The van der Waals surface area contributed by atoms with E-state index in [1.54, 1.807) is 11.1 Å². The molecule has 1 atom stereocenters. The number of rotatable bonds is 16. The Hall–Kier alpha value is -1.04. The van der Waals surface area contributed by atoms with Crippen LogP contribution in [0.25, 0.3) is 5.57 Å². The number of allylic oxidation sites excluding steroid dienone is 2. The van der Waals surface area contributed by atoms with Crippen molar-refractivity contribution in [1.82, 2.24) is 0 Å². The molecule has 0 bridgehead atoms. The summed E-state index contributed by atoms with van der Waals surface area (Å²) in [4.78, 5) is 0. The molecule has 1 unspecified atom stereocenters. The van der Waals surface area contributed by atoms with Crippen molar-refractivity contribution in [3.05, 3.63) is 41.5 Å². The van der Waals surface area contributed by atoms with Gasteiger partial charge in [-0.2, -0.15) is 0 Å². The third kappa shape index (κ3) is 9.91. The summed E-state index contributed by atoms with van der Waals surface area (Å²) in [7, 11) is 0. The zero-order chi connectivity index (χ0) is 23.8. The normalized spacial score (nSPS) is 23.1. The minimum absolute atomic E-state index is 0.816. The number of unbranched alkanes of at least 4 members (excludes halogenated alkanes) is 10. The summed E-state index contributed by atoms with van der Waals surface area (Å²) in [6.07, 6.45) is 32.6. The Labute approximate surface area is 213 Å². The van der Waals surface area contributed by atoms with Gasteiger partial charge in [-0.25, -0.2) is 0 Å². The second-order valence-corrected chi connectivity index (χ2v) is 11.8. The fourth-order valence-electron chi connectivity index (χ4n) is 6.59. The first-order valence-electron chi connectivity index (χ1n) is 15.6. The number of hydrogen-bond donors (Lipinski definition) is 0. The predicted octanol–water partition coefficient (Wildman–Crippen LogP) is 11.6. The van der Waals surface area contributed by atoms with Gasteiger partial charge in [-0.3, -0.25) is 0 Å². The highest BCUT2D eigenvalue weighted by atomic mass is 14.3. The van der Waals surface area contributed by atoms with Crippen LogP contribution in [-0.2, 0) is 0 Å². The molecule has 192 valence electrons. The van der Waals surface area contributed by atoms with Gasteiger partial charge in [0.15, 0.2) is 0 Å². The van der Waals surface area contributed by atoms with Gasteiger partial charge in [-0.15, -0.1) is 0 Å². The van der Waals surface area contributed by atoms with E-state index in [1.807, 2.05) is 0 Å². The smallest absolute Gasteiger partial charge is 0.0162 e. The molecule has 0 radical (unpaired) electrons. The molecule has 0 spiro atoms. The van der Waals surface area contributed by atoms with E-state index in [9.17, 15) is 0 Å². The van der Waals surface area contributed by atoms with Crippen LogP contribution in [0.4, 0.5) is 0 Å². The van der Waals surface area contributed by atoms with E-state index in [0.717, 1.165) is 17.8 Å². The molecule has 0 heteroatoms. The minimum atomic E-state index is 0.816. The molecule has 3 rings (SSSR count). The van der Waals surface area contributed by atoms with Crippen LogP contribution in [0.5, 0.6) is 0 Å². The highest BCUT2D eigenvalue weighted by Crippen LogP contribution is 2.39. The van der Waals surface area contributed by atoms with Crippen LogP contribution in [0.2, 0.25) is 0 Å². The van der Waals surface area contributed by atoms with E-state index in [4.69, 9.17) is 0 Å². The number of benzene rings is 1. The molecule has 34 heavy (non-hydrogen) atoms. The maximum Gasteiger partial charge on any atom is -0.0162 e. The zero-order valence-corrected chi connectivity index (χ0v) is 23.0. The predicted molar refractivity (Wildman–Crippen MR) is 152 cm³/mol. The molecule has 0 N–H and O–H groups in total. The average Bonchev–Trinajstić information content (AvgIpc) is 2.89. The van der Waals surface area contributed by atoms with Crippen molar-refractivity contribution in [2.24, 2.45) is 11.8 Å². The van der Waals surface area contributed by atoms with Crippen molar-refractivity contribution < 1.29 is 0 Å². The molecule has 0 aliphatic heterocycles. The maximum atomic E-state index is 2.57. The average molecular weight is 465 g/mol. The van der Waals surface area contributed by atoms with Gasteiger partial charge in [-0.05, 0) is 79.4 Å². The lowest BCUT2D eigenvalue weighted by Gasteiger charge is -2.29. The van der Waals surface area contributed by atoms with Crippen molar-refractivity contribution in [1.29, 1.82) is 0 Å². The lowest BCUT2D eigenvalue weighted by atomic mass is 9.76. The molecule has 1 aromatic rings. The molecule has 2 aliphatic carbocycles. The SMILES string of the molecule is CCCCCCCCCC[C@H]1CC[C@H](c2ccc(C3=CCC(CCCCCC)CC3)cc2)CC1. The summed E-state index contributed by atoms with van der Waals surface area (Å²) in [6, 6.07) is 9.82. The summed E-state index contributed by atoms with van der Waals surface area (Å²) >= 11 is 0. The van der Waals surface area contributed by atoms with Crippen LogP contribution < -0.4 is 0 Å². The van der Waals surface area contributed by atoms with E-state index in [-0.39, 0.29) is 0 Å². The molecule has 1 aromatic carbocycles. The fraction of sp³-hybridized carbons (Fsp3) is 0.765. The zero-order valence-electron chi connectivity index (χ0n) is 23.0. The van der Waals surface area contributed by atoms with Crippen LogP contribution in [-0.4, -0.2) is 0 Å². The van der Waals surface area contributed by atoms with Crippen molar-refractivity contribution >= 4 is 5.57 Å². The fourth-order valence-corrected chi connectivity index (χ4v) is 6.59. The molecule has 2 aliphatic rings. The highest BCUT2D eigenvalue weighted by Gasteiger charge is 2.22. The monoisotopic (exact) mass is 464 g/mol. The first-order valence-corrected chi connectivity index (χ1v) is 15.6. The van der Waals surface area contributed by atoms with E-state index >= 15 is 0 Å². The quantitative estimate of drug-likeness (QED) is 0.213. The van der Waals surface area contributed by atoms with Crippen LogP contribution in [0.3, 0.4) is 0 Å². The van der Waals surface area contributed by atoms with Gasteiger partial charge >= 0.3 is 0 Å².